The number of aromatic nitrogens is 2. The Morgan fingerprint density at radius 3 is 2.87 bits per heavy atom. The molecule has 4 heterocycles. The number of halogens is 1. The van der Waals surface area contributed by atoms with Crippen LogP contribution in [0.4, 0.5) is 10.1 Å². The number of benzene rings is 1. The van der Waals surface area contributed by atoms with Gasteiger partial charge in [0.2, 0.25) is 0 Å². The van der Waals surface area contributed by atoms with E-state index in [-0.39, 0.29) is 37.4 Å². The number of carbonyl (C=O) groups excluding carboxylic acids is 1. The molecule has 2 saturated heterocycles. The molecule has 1 amide bonds. The van der Waals surface area contributed by atoms with Crippen LogP contribution in [0, 0.1) is 6.92 Å². The minimum absolute atomic E-state index is 0.0431. The molecule has 12 heteroatoms. The van der Waals surface area contributed by atoms with Gasteiger partial charge in [-0.3, -0.25) is 9.20 Å². The molecular weight excluding hydrogens is 525 g/mol. The maximum Gasteiger partial charge on any atom is 0.303 e. The molecule has 1 aromatic carbocycles. The van der Waals surface area contributed by atoms with Crippen molar-refractivity contribution in [2.45, 2.75) is 51.4 Å². The van der Waals surface area contributed by atoms with E-state index in [1.165, 1.54) is 17.6 Å². The van der Waals surface area contributed by atoms with Crippen molar-refractivity contribution in [3.8, 4) is 5.75 Å². The van der Waals surface area contributed by atoms with Crippen molar-refractivity contribution < 1.29 is 27.1 Å². The van der Waals surface area contributed by atoms with Crippen LogP contribution >= 0.6 is 0 Å². The molecule has 2 aliphatic heterocycles. The van der Waals surface area contributed by atoms with Gasteiger partial charge >= 0.3 is 10.2 Å². The second-order valence-electron chi connectivity index (χ2n) is 10.2. The lowest BCUT2D eigenvalue weighted by Crippen LogP contribution is -2.42. The first-order valence-corrected chi connectivity index (χ1v) is 14.6. The average Bonchev–Trinajstić information content (AvgIpc) is 3.64. The second-order valence-corrected chi connectivity index (χ2v) is 11.9. The highest BCUT2D eigenvalue weighted by Crippen LogP contribution is 2.42. The number of fused-ring (bicyclic) bond motifs is 1. The van der Waals surface area contributed by atoms with Crippen LogP contribution in [0.2, 0.25) is 0 Å². The fourth-order valence-corrected chi connectivity index (χ4v) is 6.09. The third kappa shape index (κ3) is 5.73. The quantitative estimate of drug-likeness (QED) is 0.428. The van der Waals surface area contributed by atoms with Crippen LogP contribution in [0.1, 0.15) is 53.8 Å². The predicted molar refractivity (Wildman–Crippen MR) is 145 cm³/mol. The van der Waals surface area contributed by atoms with Crippen LogP contribution in [0.3, 0.4) is 0 Å². The van der Waals surface area contributed by atoms with Gasteiger partial charge in [0, 0.05) is 44.7 Å². The Bertz CT molecular complexity index is 1460. The lowest BCUT2D eigenvalue weighted by atomic mass is 10.00. The van der Waals surface area contributed by atoms with E-state index in [2.05, 4.69) is 9.71 Å². The first-order chi connectivity index (χ1) is 18.7. The number of amides is 1. The fraction of sp³-hybridized carbons (Fsp3) is 0.481. The SMILES string of the molecule is CCCN(C)S(=O)(=O)NC(=O)c1cnc2ccc(N3C[C@@H](F)C[C@@H]3c3cc(C)ccc3O[C@@H]3CCOC3)cn12. The maximum atomic E-state index is 15.0. The monoisotopic (exact) mass is 559 g/mol. The van der Waals surface area contributed by atoms with Gasteiger partial charge < -0.3 is 14.4 Å². The van der Waals surface area contributed by atoms with Gasteiger partial charge in [0.1, 0.15) is 29.4 Å². The third-order valence-electron chi connectivity index (χ3n) is 7.18. The van der Waals surface area contributed by atoms with E-state index >= 15 is 0 Å². The topological polar surface area (TPSA) is 105 Å². The predicted octanol–water partition coefficient (Wildman–Crippen LogP) is 3.42. The molecule has 39 heavy (non-hydrogen) atoms. The summed E-state index contributed by atoms with van der Waals surface area (Å²) in [6.07, 6.45) is 3.64. The van der Waals surface area contributed by atoms with E-state index in [1.807, 2.05) is 43.0 Å². The number of alkyl halides is 1. The first kappa shape index (κ1) is 27.4. The van der Waals surface area contributed by atoms with Crippen molar-refractivity contribution in [2.75, 3.05) is 38.3 Å². The van der Waals surface area contributed by atoms with Crippen molar-refractivity contribution in [3.63, 3.8) is 0 Å². The Morgan fingerprint density at radius 2 is 2.13 bits per heavy atom. The average molecular weight is 560 g/mol. The van der Waals surface area contributed by atoms with Crippen LogP contribution in [0.15, 0.2) is 42.7 Å². The van der Waals surface area contributed by atoms with E-state index in [0.29, 0.717) is 36.7 Å². The molecular formula is C27H34FN5O5S. The zero-order valence-corrected chi connectivity index (χ0v) is 23.2. The van der Waals surface area contributed by atoms with Crippen molar-refractivity contribution in [1.82, 2.24) is 18.4 Å². The molecule has 0 saturated carbocycles. The molecule has 0 bridgehead atoms. The summed E-state index contributed by atoms with van der Waals surface area (Å²) in [5.41, 5.74) is 3.16. The number of ether oxygens (including phenoxy) is 2. The summed E-state index contributed by atoms with van der Waals surface area (Å²) in [5.74, 6) is -0.0810. The van der Waals surface area contributed by atoms with E-state index in [1.54, 1.807) is 12.3 Å². The van der Waals surface area contributed by atoms with E-state index in [9.17, 15) is 17.6 Å². The summed E-state index contributed by atoms with van der Waals surface area (Å²) in [6.45, 7) is 5.47. The number of imidazole rings is 1. The Balaban J connectivity index is 1.46. The lowest BCUT2D eigenvalue weighted by molar-refractivity contribution is 0.0973. The number of pyridine rings is 1. The van der Waals surface area contributed by atoms with Crippen LogP contribution in [0.5, 0.6) is 5.75 Å². The molecule has 0 unspecified atom stereocenters. The summed E-state index contributed by atoms with van der Waals surface area (Å²) in [4.78, 5) is 19.2. The molecule has 210 valence electrons. The first-order valence-electron chi connectivity index (χ1n) is 13.2. The van der Waals surface area contributed by atoms with E-state index < -0.39 is 22.3 Å². The normalized spacial score (nSPS) is 21.7. The molecule has 3 aromatic rings. The smallest absolute Gasteiger partial charge is 0.303 e. The Hall–Kier alpha value is -3.22. The van der Waals surface area contributed by atoms with Gasteiger partial charge in [-0.2, -0.15) is 12.7 Å². The number of anilines is 1. The van der Waals surface area contributed by atoms with Crippen LogP contribution < -0.4 is 14.4 Å². The van der Waals surface area contributed by atoms with E-state index in [0.717, 1.165) is 21.9 Å². The third-order valence-corrected chi connectivity index (χ3v) is 8.63. The number of carbonyl (C=O) groups is 1. The van der Waals surface area contributed by atoms with Crippen molar-refractivity contribution >= 4 is 27.5 Å². The van der Waals surface area contributed by atoms with Crippen molar-refractivity contribution in [2.24, 2.45) is 0 Å². The van der Waals surface area contributed by atoms with Crippen LogP contribution in [0.25, 0.3) is 5.65 Å². The summed E-state index contributed by atoms with van der Waals surface area (Å²) in [7, 11) is -2.59. The van der Waals surface area contributed by atoms with Crippen LogP contribution in [-0.4, -0.2) is 73.6 Å². The van der Waals surface area contributed by atoms with E-state index in [4.69, 9.17) is 9.47 Å². The molecule has 0 aliphatic carbocycles. The molecule has 2 fully saturated rings. The van der Waals surface area contributed by atoms with Crippen LogP contribution in [-0.2, 0) is 14.9 Å². The number of rotatable bonds is 9. The largest absolute Gasteiger partial charge is 0.488 e. The van der Waals surface area contributed by atoms with Crippen molar-refractivity contribution in [1.29, 1.82) is 0 Å². The number of nitrogens with zero attached hydrogens (tertiary/aromatic N) is 4. The van der Waals surface area contributed by atoms with Gasteiger partial charge in [0.15, 0.2) is 0 Å². The number of hydrogen-bond acceptors (Lipinski definition) is 7. The van der Waals surface area contributed by atoms with Crippen molar-refractivity contribution in [3.05, 3.63) is 59.5 Å². The number of nitrogens with one attached hydrogen (secondary N) is 1. The van der Waals surface area contributed by atoms with Gasteiger partial charge in [-0.15, -0.1) is 0 Å². The highest BCUT2D eigenvalue weighted by Gasteiger charge is 2.36. The summed E-state index contributed by atoms with van der Waals surface area (Å²) >= 11 is 0. The molecule has 2 aliphatic rings. The zero-order valence-electron chi connectivity index (χ0n) is 22.3. The summed E-state index contributed by atoms with van der Waals surface area (Å²) in [6, 6.07) is 9.23. The summed E-state index contributed by atoms with van der Waals surface area (Å²) < 4.78 is 56.6. The Morgan fingerprint density at radius 1 is 1.31 bits per heavy atom. The minimum atomic E-state index is -4.00. The van der Waals surface area contributed by atoms with Gasteiger partial charge in [-0.25, -0.2) is 14.1 Å². The highest BCUT2D eigenvalue weighted by atomic mass is 32.2. The molecule has 0 spiro atoms. The maximum absolute atomic E-state index is 15.0. The summed E-state index contributed by atoms with van der Waals surface area (Å²) in [5, 5.41) is 0. The Labute approximate surface area is 227 Å². The van der Waals surface area contributed by atoms with Gasteiger partial charge in [-0.1, -0.05) is 24.6 Å². The number of aryl methyl sites for hydroxylation is 1. The highest BCUT2D eigenvalue weighted by molar-refractivity contribution is 7.87. The zero-order chi connectivity index (χ0) is 27.7. The lowest BCUT2D eigenvalue weighted by Gasteiger charge is -2.29. The van der Waals surface area contributed by atoms with Gasteiger partial charge in [0.25, 0.3) is 5.91 Å². The molecule has 10 nitrogen and oxygen atoms in total. The molecule has 2 aromatic heterocycles. The van der Waals surface area contributed by atoms with Gasteiger partial charge in [0.05, 0.1) is 31.1 Å². The second kappa shape index (κ2) is 11.1. The molecule has 1 N–H and O–H groups in total. The Kier molecular flexibility index (Phi) is 7.79. The standard InChI is InChI=1S/C27H34FN5O5S/c1-4-10-31(3)39(35,36)30-27(34)24-14-29-26-8-6-20(16-33(24)26)32-15-19(28)13-23(32)22-12-18(2)5-7-25(22)38-21-9-11-37-17-21/h5-8,12,14,16,19,21,23H,4,9-11,13,15,17H2,1-3H3,(H,30,34)/t19-,21+,23+/m0/s1. The number of hydrogen-bond donors (Lipinski definition) is 1. The molecule has 3 atom stereocenters. The van der Waals surface area contributed by atoms with Gasteiger partial charge in [-0.05, 0) is 31.5 Å². The molecule has 0 radical (unpaired) electrons. The molecule has 5 rings (SSSR count). The minimum Gasteiger partial charge on any atom is -0.488 e. The fourth-order valence-electron chi connectivity index (χ4n) is 5.18.